The summed E-state index contributed by atoms with van der Waals surface area (Å²) in [5.74, 6) is 1.40. The molecule has 0 N–H and O–H groups in total. The van der Waals surface area contributed by atoms with Gasteiger partial charge in [-0.3, -0.25) is 0 Å². The number of hydrogen-bond donors (Lipinski definition) is 0. The van der Waals surface area contributed by atoms with Crippen molar-refractivity contribution in [3.05, 3.63) is 23.8 Å². The molecular weight excluding hydrogens is 342 g/mol. The second kappa shape index (κ2) is 11.2. The Hall–Kier alpha value is 0.490. The maximum Gasteiger partial charge on any atom is 0.115 e. The Balaban J connectivity index is 3.15. The van der Waals surface area contributed by atoms with Crippen molar-refractivity contribution < 1.29 is 0 Å². The van der Waals surface area contributed by atoms with Gasteiger partial charge in [-0.15, -0.1) is 23.2 Å². The predicted octanol–water partition coefficient (Wildman–Crippen LogP) is 7.51. The predicted molar refractivity (Wildman–Crippen MR) is 112 cm³/mol. The number of unbranched alkanes of at least 4 members (excludes halogenated alkanes) is 3. The van der Waals surface area contributed by atoms with E-state index >= 15 is 0 Å². The van der Waals surface area contributed by atoms with E-state index in [0.29, 0.717) is 5.88 Å². The van der Waals surface area contributed by atoms with Gasteiger partial charge in [-0.25, -0.2) is 0 Å². The highest BCUT2D eigenvalue weighted by atomic mass is 35.5. The fraction of sp³-hybridized carbons (Fsp3) is 0.800. The molecule has 0 nitrogen and oxygen atoms in total. The first-order chi connectivity index (χ1) is 11.1. The third-order valence-corrected chi connectivity index (χ3v) is 12.3. The SMILES string of the molecule is CCCC[P+](CCCC)(CCCC)C1(CCl)C=CC(CCl)=CC1. The van der Waals surface area contributed by atoms with Crippen LogP contribution in [0.1, 0.15) is 65.7 Å². The molecule has 1 aliphatic carbocycles. The van der Waals surface area contributed by atoms with Crippen LogP contribution < -0.4 is 0 Å². The summed E-state index contributed by atoms with van der Waals surface area (Å²) < 4.78 is 0. The molecule has 0 aromatic carbocycles. The Morgan fingerprint density at radius 2 is 1.48 bits per heavy atom. The molecule has 0 aromatic rings. The minimum atomic E-state index is -1.10. The highest BCUT2D eigenvalue weighted by Crippen LogP contribution is 2.72. The second-order valence-corrected chi connectivity index (χ2v) is 12.1. The second-order valence-electron chi connectivity index (χ2n) is 7.06. The molecule has 3 heteroatoms. The largest absolute Gasteiger partial charge is 0.122 e. The molecular formula is C20H36Cl2P+. The smallest absolute Gasteiger partial charge is 0.115 e. The van der Waals surface area contributed by atoms with Crippen LogP contribution in [0.2, 0.25) is 0 Å². The first-order valence-corrected chi connectivity index (χ1v) is 12.9. The van der Waals surface area contributed by atoms with Crippen molar-refractivity contribution in [2.45, 2.75) is 70.9 Å². The molecule has 0 fully saturated rings. The fourth-order valence-electron chi connectivity index (χ4n) is 3.77. The Morgan fingerprint density at radius 1 is 0.957 bits per heavy atom. The maximum atomic E-state index is 6.66. The lowest BCUT2D eigenvalue weighted by atomic mass is 9.98. The zero-order chi connectivity index (χ0) is 17.2. The first kappa shape index (κ1) is 21.5. The first-order valence-electron chi connectivity index (χ1n) is 9.50. The summed E-state index contributed by atoms with van der Waals surface area (Å²) in [6, 6.07) is 0. The number of allylic oxidation sites excluding steroid dienone is 4. The van der Waals surface area contributed by atoms with Crippen LogP contribution in [-0.4, -0.2) is 35.4 Å². The third kappa shape index (κ3) is 5.49. The highest BCUT2D eigenvalue weighted by molar-refractivity contribution is 7.77. The van der Waals surface area contributed by atoms with E-state index in [2.05, 4.69) is 39.0 Å². The molecule has 0 heterocycles. The Bertz CT molecular complexity index is 367. The molecule has 1 aliphatic rings. The van der Waals surface area contributed by atoms with Gasteiger partial charge in [-0.2, -0.15) is 0 Å². The van der Waals surface area contributed by atoms with E-state index in [9.17, 15) is 0 Å². The normalized spacial score (nSPS) is 21.5. The number of alkyl halides is 2. The van der Waals surface area contributed by atoms with Gasteiger partial charge in [0, 0.05) is 19.6 Å². The molecule has 134 valence electrons. The minimum Gasteiger partial charge on any atom is -0.122 e. The highest BCUT2D eigenvalue weighted by Gasteiger charge is 2.54. The van der Waals surface area contributed by atoms with Gasteiger partial charge in [0.25, 0.3) is 0 Å². The summed E-state index contributed by atoms with van der Waals surface area (Å²) in [4.78, 5) is 0. The van der Waals surface area contributed by atoms with Crippen LogP contribution in [-0.2, 0) is 0 Å². The van der Waals surface area contributed by atoms with E-state index in [1.807, 2.05) is 0 Å². The van der Waals surface area contributed by atoms with Gasteiger partial charge in [-0.05, 0) is 30.9 Å². The maximum absolute atomic E-state index is 6.66. The molecule has 1 rings (SSSR count). The van der Waals surface area contributed by atoms with Crippen molar-refractivity contribution in [2.24, 2.45) is 0 Å². The van der Waals surface area contributed by atoms with Crippen molar-refractivity contribution in [2.75, 3.05) is 30.2 Å². The van der Waals surface area contributed by atoms with Gasteiger partial charge in [0.15, 0.2) is 0 Å². The molecule has 0 aliphatic heterocycles. The molecule has 0 bridgehead atoms. The monoisotopic (exact) mass is 377 g/mol. The number of halogens is 2. The quantitative estimate of drug-likeness (QED) is 0.243. The van der Waals surface area contributed by atoms with Gasteiger partial charge >= 0.3 is 0 Å². The fourth-order valence-corrected chi connectivity index (χ4v) is 10.8. The summed E-state index contributed by atoms with van der Waals surface area (Å²) in [6.45, 7) is 6.97. The lowest BCUT2D eigenvalue weighted by Crippen LogP contribution is -2.38. The average Bonchev–Trinajstić information content (AvgIpc) is 2.61. The minimum absolute atomic E-state index is 0.226. The summed E-state index contributed by atoms with van der Waals surface area (Å²) >= 11 is 12.7. The lowest BCUT2D eigenvalue weighted by Gasteiger charge is -2.44. The molecule has 0 saturated heterocycles. The molecule has 1 unspecified atom stereocenters. The van der Waals surface area contributed by atoms with E-state index in [1.54, 1.807) is 0 Å². The average molecular weight is 378 g/mol. The van der Waals surface area contributed by atoms with Crippen molar-refractivity contribution in [3.8, 4) is 0 Å². The zero-order valence-corrected chi connectivity index (χ0v) is 17.8. The van der Waals surface area contributed by atoms with Crippen LogP contribution in [0.15, 0.2) is 23.8 Å². The van der Waals surface area contributed by atoms with Gasteiger partial charge in [0.05, 0.1) is 24.4 Å². The van der Waals surface area contributed by atoms with Crippen LogP contribution >= 0.6 is 30.5 Å². The van der Waals surface area contributed by atoms with Crippen molar-refractivity contribution in [3.63, 3.8) is 0 Å². The molecule has 0 spiro atoms. The third-order valence-electron chi connectivity index (χ3n) is 5.47. The van der Waals surface area contributed by atoms with E-state index in [-0.39, 0.29) is 5.16 Å². The van der Waals surface area contributed by atoms with Crippen LogP contribution in [0.5, 0.6) is 0 Å². The summed E-state index contributed by atoms with van der Waals surface area (Å²) in [6.07, 6.45) is 20.5. The number of rotatable bonds is 12. The Kier molecular flexibility index (Phi) is 10.5. The molecule has 1 atom stereocenters. The van der Waals surface area contributed by atoms with Crippen LogP contribution in [0.25, 0.3) is 0 Å². The van der Waals surface area contributed by atoms with E-state index < -0.39 is 7.26 Å². The topological polar surface area (TPSA) is 0 Å². The molecule has 0 saturated carbocycles. The van der Waals surface area contributed by atoms with Crippen molar-refractivity contribution in [1.29, 1.82) is 0 Å². The van der Waals surface area contributed by atoms with Gasteiger partial charge in [-0.1, -0.05) is 52.2 Å². The van der Waals surface area contributed by atoms with E-state index in [4.69, 9.17) is 23.2 Å². The molecule has 23 heavy (non-hydrogen) atoms. The number of hydrogen-bond acceptors (Lipinski definition) is 0. The van der Waals surface area contributed by atoms with Crippen LogP contribution in [0.4, 0.5) is 0 Å². The summed E-state index contributed by atoms with van der Waals surface area (Å²) in [5.41, 5.74) is 1.27. The molecule has 0 aromatic heterocycles. The summed E-state index contributed by atoms with van der Waals surface area (Å²) in [5, 5.41) is 0.226. The zero-order valence-electron chi connectivity index (χ0n) is 15.4. The van der Waals surface area contributed by atoms with Gasteiger partial charge < -0.3 is 0 Å². The van der Waals surface area contributed by atoms with Gasteiger partial charge in [0.1, 0.15) is 5.16 Å². The summed E-state index contributed by atoms with van der Waals surface area (Å²) in [7, 11) is -1.10. The van der Waals surface area contributed by atoms with E-state index in [0.717, 1.165) is 12.3 Å². The van der Waals surface area contributed by atoms with Crippen molar-refractivity contribution in [1.82, 2.24) is 0 Å². The van der Waals surface area contributed by atoms with E-state index in [1.165, 1.54) is 62.6 Å². The van der Waals surface area contributed by atoms with Crippen LogP contribution in [0.3, 0.4) is 0 Å². The van der Waals surface area contributed by atoms with Crippen molar-refractivity contribution >= 4 is 30.5 Å². The standard InChI is InChI=1S/C20H36Cl2P/c1-4-7-14-23(15-8-5-2,16-9-6-3)20(18-22)12-10-19(17-21)11-13-20/h10-12H,4-9,13-18H2,1-3H3/q+1. The Morgan fingerprint density at radius 3 is 1.78 bits per heavy atom. The Labute approximate surface area is 155 Å². The molecule has 0 radical (unpaired) electrons. The lowest BCUT2D eigenvalue weighted by molar-refractivity contribution is 0.728. The molecule has 0 amide bonds. The van der Waals surface area contributed by atoms with Crippen LogP contribution in [0, 0.1) is 0 Å². The van der Waals surface area contributed by atoms with Gasteiger partial charge in [0.2, 0.25) is 0 Å².